The Labute approximate surface area is 181 Å². The van der Waals surface area contributed by atoms with E-state index in [-0.39, 0.29) is 5.91 Å². The van der Waals surface area contributed by atoms with Gasteiger partial charge in [0.2, 0.25) is 5.91 Å². The highest BCUT2D eigenvalue weighted by Gasteiger charge is 2.17. The molecule has 1 saturated heterocycles. The van der Waals surface area contributed by atoms with E-state index in [1.807, 2.05) is 12.1 Å². The molecule has 1 fully saturated rings. The second-order valence-corrected chi connectivity index (χ2v) is 8.31. The van der Waals surface area contributed by atoms with Crippen LogP contribution in [0, 0.1) is 0 Å². The van der Waals surface area contributed by atoms with Crippen molar-refractivity contribution >= 4 is 11.6 Å². The van der Waals surface area contributed by atoms with Gasteiger partial charge in [-0.1, -0.05) is 38.1 Å². The number of amides is 1. The molecule has 162 valence electrons. The van der Waals surface area contributed by atoms with Gasteiger partial charge in [0.05, 0.1) is 13.7 Å². The van der Waals surface area contributed by atoms with E-state index in [0.717, 1.165) is 44.8 Å². The molecule has 1 N–H and O–H groups in total. The zero-order valence-corrected chi connectivity index (χ0v) is 18.6. The van der Waals surface area contributed by atoms with Gasteiger partial charge in [0.25, 0.3) is 0 Å². The molecule has 0 bridgehead atoms. The smallest absolute Gasteiger partial charge is 0.234 e. The van der Waals surface area contributed by atoms with E-state index in [0.29, 0.717) is 19.0 Å². The van der Waals surface area contributed by atoms with E-state index in [1.165, 1.54) is 16.8 Å². The van der Waals surface area contributed by atoms with Gasteiger partial charge in [0.15, 0.2) is 0 Å². The number of nitrogens with zero attached hydrogens (tertiary/aromatic N) is 2. The third-order valence-electron chi connectivity index (χ3n) is 5.78. The van der Waals surface area contributed by atoms with Crippen LogP contribution >= 0.6 is 0 Å². The summed E-state index contributed by atoms with van der Waals surface area (Å²) in [6.07, 6.45) is 1.93. The first-order valence-electron chi connectivity index (χ1n) is 11.0. The average Bonchev–Trinajstić information content (AvgIpc) is 2.99. The van der Waals surface area contributed by atoms with Crippen molar-refractivity contribution in [3.05, 3.63) is 59.7 Å². The van der Waals surface area contributed by atoms with E-state index in [4.69, 9.17) is 4.74 Å². The molecule has 0 spiro atoms. The SMILES string of the molecule is COc1ccc(N2CCCN(CC(=O)NCCc3ccc(C(C)C)cc3)CC2)cc1. The summed E-state index contributed by atoms with van der Waals surface area (Å²) in [4.78, 5) is 17.0. The van der Waals surface area contributed by atoms with Crippen LogP contribution in [-0.4, -0.2) is 57.2 Å². The van der Waals surface area contributed by atoms with Gasteiger partial charge in [-0.15, -0.1) is 0 Å². The van der Waals surface area contributed by atoms with Crippen LogP contribution in [0.1, 0.15) is 37.3 Å². The number of carbonyl (C=O) groups is 1. The van der Waals surface area contributed by atoms with Crippen molar-refractivity contribution in [1.29, 1.82) is 0 Å². The summed E-state index contributed by atoms with van der Waals surface area (Å²) in [7, 11) is 1.69. The predicted octanol–water partition coefficient (Wildman–Crippen LogP) is 3.69. The van der Waals surface area contributed by atoms with E-state index in [2.05, 4.69) is 65.4 Å². The number of carbonyl (C=O) groups excluding carboxylic acids is 1. The monoisotopic (exact) mass is 409 g/mol. The van der Waals surface area contributed by atoms with Gasteiger partial charge >= 0.3 is 0 Å². The number of methoxy groups -OCH3 is 1. The molecule has 0 aliphatic carbocycles. The van der Waals surface area contributed by atoms with Gasteiger partial charge in [0, 0.05) is 38.4 Å². The molecule has 1 heterocycles. The molecular formula is C25H35N3O2. The highest BCUT2D eigenvalue weighted by molar-refractivity contribution is 5.78. The predicted molar refractivity (Wildman–Crippen MR) is 124 cm³/mol. The molecule has 1 aliphatic rings. The molecule has 1 aliphatic heterocycles. The van der Waals surface area contributed by atoms with E-state index >= 15 is 0 Å². The first-order chi connectivity index (χ1) is 14.5. The third-order valence-corrected chi connectivity index (χ3v) is 5.78. The van der Waals surface area contributed by atoms with Crippen LogP contribution in [0.4, 0.5) is 5.69 Å². The van der Waals surface area contributed by atoms with Crippen molar-refractivity contribution in [1.82, 2.24) is 10.2 Å². The molecule has 0 aromatic heterocycles. The van der Waals surface area contributed by atoms with Crippen LogP contribution in [0.25, 0.3) is 0 Å². The molecule has 0 unspecified atom stereocenters. The number of nitrogens with one attached hydrogen (secondary N) is 1. The van der Waals surface area contributed by atoms with Gasteiger partial charge in [-0.2, -0.15) is 0 Å². The lowest BCUT2D eigenvalue weighted by atomic mass is 10.0. The maximum Gasteiger partial charge on any atom is 0.234 e. The molecule has 0 saturated carbocycles. The summed E-state index contributed by atoms with van der Waals surface area (Å²) in [5.41, 5.74) is 3.84. The lowest BCUT2D eigenvalue weighted by molar-refractivity contribution is -0.122. The fourth-order valence-corrected chi connectivity index (χ4v) is 3.85. The minimum Gasteiger partial charge on any atom is -0.497 e. The number of hydrogen-bond donors (Lipinski definition) is 1. The van der Waals surface area contributed by atoms with E-state index in [1.54, 1.807) is 7.11 Å². The topological polar surface area (TPSA) is 44.8 Å². The van der Waals surface area contributed by atoms with E-state index < -0.39 is 0 Å². The summed E-state index contributed by atoms with van der Waals surface area (Å²) in [5, 5.41) is 3.08. The second-order valence-electron chi connectivity index (χ2n) is 8.31. The van der Waals surface area contributed by atoms with Crippen LogP contribution < -0.4 is 15.0 Å². The number of benzene rings is 2. The molecule has 2 aromatic rings. The number of rotatable bonds is 8. The van der Waals surface area contributed by atoms with Crippen LogP contribution in [0.3, 0.4) is 0 Å². The Morgan fingerprint density at radius 3 is 2.40 bits per heavy atom. The van der Waals surface area contributed by atoms with Crippen LogP contribution in [0.5, 0.6) is 5.75 Å². The molecule has 5 heteroatoms. The van der Waals surface area contributed by atoms with Crippen molar-refractivity contribution in [2.75, 3.05) is 51.3 Å². The summed E-state index contributed by atoms with van der Waals surface area (Å²) in [6, 6.07) is 16.9. The third kappa shape index (κ3) is 6.49. The summed E-state index contributed by atoms with van der Waals surface area (Å²) >= 11 is 0. The number of hydrogen-bond acceptors (Lipinski definition) is 4. The fourth-order valence-electron chi connectivity index (χ4n) is 3.85. The first kappa shape index (κ1) is 22.2. The molecule has 30 heavy (non-hydrogen) atoms. The van der Waals surface area contributed by atoms with Gasteiger partial charge in [-0.25, -0.2) is 0 Å². The molecular weight excluding hydrogens is 374 g/mol. The van der Waals surface area contributed by atoms with Crippen LogP contribution in [0.15, 0.2) is 48.5 Å². The highest BCUT2D eigenvalue weighted by Crippen LogP contribution is 2.20. The fraction of sp³-hybridized carbons (Fsp3) is 0.480. The molecule has 0 atom stereocenters. The molecule has 3 rings (SSSR count). The Hall–Kier alpha value is -2.53. The van der Waals surface area contributed by atoms with Crippen LogP contribution in [0.2, 0.25) is 0 Å². The lowest BCUT2D eigenvalue weighted by Crippen LogP contribution is -2.39. The molecule has 0 radical (unpaired) electrons. The van der Waals surface area contributed by atoms with Gasteiger partial charge in [-0.3, -0.25) is 9.69 Å². The highest BCUT2D eigenvalue weighted by atomic mass is 16.5. The second kappa shape index (κ2) is 11.0. The van der Waals surface area contributed by atoms with Crippen molar-refractivity contribution in [3.63, 3.8) is 0 Å². The normalized spacial score (nSPS) is 15.1. The van der Waals surface area contributed by atoms with Crippen molar-refractivity contribution in [2.24, 2.45) is 0 Å². The van der Waals surface area contributed by atoms with Gasteiger partial charge in [-0.05, 0) is 54.2 Å². The number of ether oxygens (including phenoxy) is 1. The standard InChI is InChI=1S/C25H35N3O2/c1-20(2)22-7-5-21(6-8-22)13-14-26-25(29)19-27-15-4-16-28(18-17-27)23-9-11-24(30-3)12-10-23/h5-12,20H,4,13-19H2,1-3H3,(H,26,29). The Balaban J connectivity index is 1.39. The van der Waals surface area contributed by atoms with Gasteiger partial charge < -0.3 is 15.0 Å². The van der Waals surface area contributed by atoms with Gasteiger partial charge in [0.1, 0.15) is 5.75 Å². The van der Waals surface area contributed by atoms with Crippen molar-refractivity contribution < 1.29 is 9.53 Å². The largest absolute Gasteiger partial charge is 0.497 e. The summed E-state index contributed by atoms with van der Waals surface area (Å²) in [5.74, 6) is 1.54. The lowest BCUT2D eigenvalue weighted by Gasteiger charge is -2.23. The Kier molecular flexibility index (Phi) is 8.14. The van der Waals surface area contributed by atoms with E-state index in [9.17, 15) is 4.79 Å². The minimum atomic E-state index is 0.117. The zero-order chi connectivity index (χ0) is 21.3. The Morgan fingerprint density at radius 2 is 1.73 bits per heavy atom. The summed E-state index contributed by atoms with van der Waals surface area (Å²) < 4.78 is 5.25. The maximum atomic E-state index is 12.4. The quantitative estimate of drug-likeness (QED) is 0.722. The average molecular weight is 410 g/mol. The molecule has 5 nitrogen and oxygen atoms in total. The van der Waals surface area contributed by atoms with Crippen molar-refractivity contribution in [2.45, 2.75) is 32.6 Å². The zero-order valence-electron chi connectivity index (χ0n) is 18.6. The summed E-state index contributed by atoms with van der Waals surface area (Å²) in [6.45, 7) is 9.36. The van der Waals surface area contributed by atoms with Crippen LogP contribution in [-0.2, 0) is 11.2 Å². The molecule has 2 aromatic carbocycles. The molecule has 1 amide bonds. The minimum absolute atomic E-state index is 0.117. The first-order valence-corrected chi connectivity index (χ1v) is 11.0. The maximum absolute atomic E-state index is 12.4. The Bertz CT molecular complexity index is 787. The number of anilines is 1. The van der Waals surface area contributed by atoms with Crippen molar-refractivity contribution in [3.8, 4) is 5.75 Å². The Morgan fingerprint density at radius 1 is 1.00 bits per heavy atom.